The zero-order valence-electron chi connectivity index (χ0n) is 9.57. The van der Waals surface area contributed by atoms with Gasteiger partial charge in [-0.25, -0.2) is 10.8 Å². The standard InChI is InChI=1S/C11H14F2N4S/c12-10(13)18-9-4-2-1-3-8(9)16-11(17-14)15-7-5-6-7/h1-4,7,10H,5-6,14H2,(H2,15,16,17). The summed E-state index contributed by atoms with van der Waals surface area (Å²) >= 11 is 0.493. The summed E-state index contributed by atoms with van der Waals surface area (Å²) in [7, 11) is 0. The van der Waals surface area contributed by atoms with E-state index in [2.05, 4.69) is 15.7 Å². The quantitative estimate of drug-likeness (QED) is 0.259. The lowest BCUT2D eigenvalue weighted by molar-refractivity contribution is 0.252. The number of hydrogen-bond acceptors (Lipinski definition) is 3. The van der Waals surface area contributed by atoms with Crippen LogP contribution in [-0.2, 0) is 0 Å². The highest BCUT2D eigenvalue weighted by Crippen LogP contribution is 2.31. The Morgan fingerprint density at radius 1 is 1.39 bits per heavy atom. The third-order valence-corrected chi connectivity index (χ3v) is 3.14. The molecule has 4 nitrogen and oxygen atoms in total. The molecule has 1 aliphatic rings. The van der Waals surface area contributed by atoms with Crippen LogP contribution >= 0.6 is 11.8 Å². The highest BCUT2D eigenvalue weighted by atomic mass is 32.2. The molecule has 0 spiro atoms. The molecule has 18 heavy (non-hydrogen) atoms. The SMILES string of the molecule is NNC(=NC1CC1)Nc1ccccc1SC(F)F. The number of aliphatic imine (C=N–C) groups is 1. The molecule has 1 aliphatic carbocycles. The van der Waals surface area contributed by atoms with Gasteiger partial charge >= 0.3 is 0 Å². The largest absolute Gasteiger partial charge is 0.324 e. The molecule has 98 valence electrons. The molecule has 1 fully saturated rings. The Bertz CT molecular complexity index is 435. The first-order valence-electron chi connectivity index (χ1n) is 5.54. The van der Waals surface area contributed by atoms with Crippen molar-refractivity contribution in [3.8, 4) is 0 Å². The van der Waals surface area contributed by atoms with Crippen LogP contribution < -0.4 is 16.6 Å². The molecule has 0 bridgehead atoms. The lowest BCUT2D eigenvalue weighted by atomic mass is 10.3. The van der Waals surface area contributed by atoms with E-state index in [0.29, 0.717) is 34.3 Å². The zero-order chi connectivity index (χ0) is 13.0. The minimum atomic E-state index is -2.46. The Balaban J connectivity index is 2.11. The number of nitrogens with zero attached hydrogens (tertiary/aromatic N) is 1. The summed E-state index contributed by atoms with van der Waals surface area (Å²) in [6.07, 6.45) is 2.08. The van der Waals surface area contributed by atoms with Crippen molar-refractivity contribution in [3.05, 3.63) is 24.3 Å². The number of nitrogens with one attached hydrogen (secondary N) is 2. The lowest BCUT2D eigenvalue weighted by Gasteiger charge is -2.12. The van der Waals surface area contributed by atoms with E-state index in [0.717, 1.165) is 12.8 Å². The number of guanidine groups is 1. The molecule has 0 aliphatic heterocycles. The minimum Gasteiger partial charge on any atom is -0.324 e. The van der Waals surface area contributed by atoms with E-state index in [1.54, 1.807) is 24.3 Å². The second-order valence-corrected chi connectivity index (χ2v) is 4.88. The molecule has 0 saturated heterocycles. The maximum Gasteiger partial charge on any atom is 0.288 e. The average Bonchev–Trinajstić information content (AvgIpc) is 3.14. The highest BCUT2D eigenvalue weighted by Gasteiger charge is 2.21. The predicted octanol–water partition coefficient (Wildman–Crippen LogP) is 2.39. The van der Waals surface area contributed by atoms with E-state index in [1.165, 1.54) is 0 Å². The van der Waals surface area contributed by atoms with Gasteiger partial charge in [0.2, 0.25) is 5.96 Å². The molecule has 0 amide bonds. The maximum absolute atomic E-state index is 12.4. The van der Waals surface area contributed by atoms with Crippen LogP contribution in [0, 0.1) is 0 Å². The Morgan fingerprint density at radius 2 is 2.11 bits per heavy atom. The number of hydrogen-bond donors (Lipinski definition) is 3. The molecule has 0 unspecified atom stereocenters. The summed E-state index contributed by atoms with van der Waals surface area (Å²) in [6.45, 7) is 0. The normalized spacial score (nSPS) is 15.9. The molecule has 0 radical (unpaired) electrons. The highest BCUT2D eigenvalue weighted by molar-refractivity contribution is 7.99. The van der Waals surface area contributed by atoms with E-state index in [9.17, 15) is 8.78 Å². The number of para-hydroxylation sites is 1. The van der Waals surface area contributed by atoms with Gasteiger partial charge in [0.1, 0.15) is 0 Å². The van der Waals surface area contributed by atoms with Crippen molar-refractivity contribution in [3.63, 3.8) is 0 Å². The monoisotopic (exact) mass is 272 g/mol. The van der Waals surface area contributed by atoms with Gasteiger partial charge in [0.25, 0.3) is 5.76 Å². The van der Waals surface area contributed by atoms with Crippen LogP contribution in [-0.4, -0.2) is 17.8 Å². The number of rotatable bonds is 4. The van der Waals surface area contributed by atoms with Crippen LogP contribution in [0.4, 0.5) is 14.5 Å². The Hall–Kier alpha value is -1.34. The van der Waals surface area contributed by atoms with Gasteiger partial charge in [0, 0.05) is 4.90 Å². The van der Waals surface area contributed by atoms with Crippen LogP contribution in [0.5, 0.6) is 0 Å². The fourth-order valence-corrected chi connectivity index (χ4v) is 1.98. The van der Waals surface area contributed by atoms with Gasteiger partial charge < -0.3 is 5.32 Å². The lowest BCUT2D eigenvalue weighted by Crippen LogP contribution is -2.36. The summed E-state index contributed by atoms with van der Waals surface area (Å²) in [4.78, 5) is 4.76. The minimum absolute atomic E-state index is 0.290. The van der Waals surface area contributed by atoms with Crippen molar-refractivity contribution in [2.24, 2.45) is 10.8 Å². The van der Waals surface area contributed by atoms with Crippen LogP contribution in [0.2, 0.25) is 0 Å². The van der Waals surface area contributed by atoms with Crippen LogP contribution in [0.1, 0.15) is 12.8 Å². The van der Waals surface area contributed by atoms with Gasteiger partial charge in [-0.05, 0) is 25.0 Å². The van der Waals surface area contributed by atoms with Gasteiger partial charge in [-0.2, -0.15) is 8.78 Å². The first-order chi connectivity index (χ1) is 8.69. The van der Waals surface area contributed by atoms with Crippen molar-refractivity contribution in [1.82, 2.24) is 5.43 Å². The maximum atomic E-state index is 12.4. The molecule has 4 N–H and O–H groups in total. The van der Waals surface area contributed by atoms with E-state index < -0.39 is 5.76 Å². The van der Waals surface area contributed by atoms with Crippen molar-refractivity contribution < 1.29 is 8.78 Å². The van der Waals surface area contributed by atoms with Crippen molar-refractivity contribution in [1.29, 1.82) is 0 Å². The Kier molecular flexibility index (Phi) is 4.38. The number of anilines is 1. The number of alkyl halides is 2. The average molecular weight is 272 g/mol. The van der Waals surface area contributed by atoms with Crippen molar-refractivity contribution in [2.75, 3.05) is 5.32 Å². The molecule has 0 aromatic heterocycles. The van der Waals surface area contributed by atoms with Gasteiger partial charge in [-0.15, -0.1) is 0 Å². The van der Waals surface area contributed by atoms with Gasteiger partial charge in [-0.3, -0.25) is 5.43 Å². The van der Waals surface area contributed by atoms with Crippen molar-refractivity contribution >= 4 is 23.4 Å². The van der Waals surface area contributed by atoms with Crippen LogP contribution in [0.15, 0.2) is 34.2 Å². The molecule has 2 rings (SSSR count). The molecular formula is C11H14F2N4S. The molecule has 1 saturated carbocycles. The number of nitrogens with two attached hydrogens (primary N) is 1. The van der Waals surface area contributed by atoms with Gasteiger partial charge in [0.05, 0.1) is 11.7 Å². The van der Waals surface area contributed by atoms with Crippen LogP contribution in [0.25, 0.3) is 0 Å². The zero-order valence-corrected chi connectivity index (χ0v) is 10.4. The third kappa shape index (κ3) is 3.85. The number of benzene rings is 1. The van der Waals surface area contributed by atoms with Gasteiger partial charge in [0.15, 0.2) is 0 Å². The van der Waals surface area contributed by atoms with E-state index in [4.69, 9.17) is 5.84 Å². The Morgan fingerprint density at radius 3 is 2.72 bits per heavy atom. The van der Waals surface area contributed by atoms with E-state index >= 15 is 0 Å². The summed E-state index contributed by atoms with van der Waals surface area (Å²) in [5.41, 5.74) is 3.01. The number of hydrazine groups is 1. The second-order valence-electron chi connectivity index (χ2n) is 3.85. The molecule has 1 aromatic carbocycles. The van der Waals surface area contributed by atoms with E-state index in [1.807, 2.05) is 0 Å². The summed E-state index contributed by atoms with van der Waals surface area (Å²) in [6, 6.07) is 7.11. The summed E-state index contributed by atoms with van der Waals surface area (Å²) in [5, 5.41) is 2.93. The Labute approximate surface area is 108 Å². The summed E-state index contributed by atoms with van der Waals surface area (Å²) in [5.74, 6) is 3.30. The van der Waals surface area contributed by atoms with Gasteiger partial charge in [-0.1, -0.05) is 23.9 Å². The third-order valence-electron chi connectivity index (χ3n) is 2.35. The van der Waals surface area contributed by atoms with E-state index in [-0.39, 0.29) is 0 Å². The number of halogens is 2. The number of thioether (sulfide) groups is 1. The second kappa shape index (κ2) is 6.01. The molecule has 7 heteroatoms. The van der Waals surface area contributed by atoms with Crippen LogP contribution in [0.3, 0.4) is 0 Å². The molecule has 0 atom stereocenters. The van der Waals surface area contributed by atoms with Crippen molar-refractivity contribution in [2.45, 2.75) is 29.5 Å². The smallest absolute Gasteiger partial charge is 0.288 e. The molecule has 0 heterocycles. The molecular weight excluding hydrogens is 258 g/mol. The first kappa shape index (κ1) is 13.1. The predicted molar refractivity (Wildman–Crippen MR) is 69.7 cm³/mol. The molecule has 1 aromatic rings. The fraction of sp³-hybridized carbons (Fsp3) is 0.364. The summed E-state index contributed by atoms with van der Waals surface area (Å²) < 4.78 is 24.8. The topological polar surface area (TPSA) is 62.4 Å². The fourth-order valence-electron chi connectivity index (χ4n) is 1.39. The first-order valence-corrected chi connectivity index (χ1v) is 6.42.